The molecule has 3 N–H and O–H groups in total. The molecule has 0 amide bonds. The van der Waals surface area contributed by atoms with Gasteiger partial charge in [-0.2, -0.15) is 0 Å². The molecule has 0 aliphatic carbocycles. The van der Waals surface area contributed by atoms with E-state index in [4.69, 9.17) is 10.5 Å². The Balaban J connectivity index is 2.54. The third-order valence-corrected chi connectivity index (χ3v) is 2.61. The minimum atomic E-state index is -0.793. The molecule has 0 aliphatic rings. The summed E-state index contributed by atoms with van der Waals surface area (Å²) in [4.78, 5) is 47.2. The molecule has 0 fully saturated rings. The van der Waals surface area contributed by atoms with Crippen molar-refractivity contribution in [3.8, 4) is 0 Å². The lowest BCUT2D eigenvalue weighted by molar-refractivity contribution is -0.150. The van der Waals surface area contributed by atoms with Crippen LogP contribution < -0.4 is 17.0 Å². The number of rotatable bonds is 6. The quantitative estimate of drug-likeness (QED) is 0.621. The number of esters is 1. The summed E-state index contributed by atoms with van der Waals surface area (Å²) in [6.45, 7) is 2.76. The average molecular weight is 283 g/mol. The van der Waals surface area contributed by atoms with Gasteiger partial charge in [-0.3, -0.25) is 23.9 Å². The van der Waals surface area contributed by atoms with Gasteiger partial charge in [0.05, 0.1) is 6.54 Å². The Morgan fingerprint density at radius 2 is 2.05 bits per heavy atom. The highest BCUT2D eigenvalue weighted by molar-refractivity contribution is 5.83. The number of ketones is 1. The molecule has 1 rings (SSSR count). The van der Waals surface area contributed by atoms with Crippen molar-refractivity contribution in [1.29, 1.82) is 0 Å². The normalized spacial score (nSPS) is 12.2. The zero-order chi connectivity index (χ0) is 15.3. The number of Topliss-reactive ketones (excluding diaryl/α,β-unsaturated/α-hetero) is 1. The van der Waals surface area contributed by atoms with Crippen LogP contribution in [0.15, 0.2) is 21.9 Å². The molecule has 1 atom stereocenters. The number of hydrogen-bond donors (Lipinski definition) is 2. The van der Waals surface area contributed by atoms with E-state index >= 15 is 0 Å². The van der Waals surface area contributed by atoms with Crippen molar-refractivity contribution in [2.24, 2.45) is 11.7 Å². The minimum absolute atomic E-state index is 0.0978. The van der Waals surface area contributed by atoms with Gasteiger partial charge >= 0.3 is 11.7 Å². The van der Waals surface area contributed by atoms with Crippen molar-refractivity contribution >= 4 is 11.8 Å². The fraction of sp³-hybridized carbons (Fsp3) is 0.500. The summed E-state index contributed by atoms with van der Waals surface area (Å²) in [5, 5.41) is 0. The Bertz CT molecular complexity index is 602. The number of nitrogens with two attached hydrogens (primary N) is 1. The van der Waals surface area contributed by atoms with Crippen molar-refractivity contribution in [2.75, 3.05) is 6.61 Å². The van der Waals surface area contributed by atoms with Crippen LogP contribution in [0.1, 0.15) is 13.8 Å². The molecule has 0 saturated heterocycles. The van der Waals surface area contributed by atoms with Gasteiger partial charge in [-0.1, -0.05) is 13.8 Å². The molecule has 8 nitrogen and oxygen atoms in total. The van der Waals surface area contributed by atoms with Crippen LogP contribution >= 0.6 is 0 Å². The van der Waals surface area contributed by atoms with Crippen molar-refractivity contribution in [3.63, 3.8) is 0 Å². The monoisotopic (exact) mass is 283 g/mol. The van der Waals surface area contributed by atoms with Crippen molar-refractivity contribution in [3.05, 3.63) is 33.1 Å². The van der Waals surface area contributed by atoms with Crippen LogP contribution in [0.3, 0.4) is 0 Å². The highest BCUT2D eigenvalue weighted by Crippen LogP contribution is 2.00. The number of carbonyl (C=O) groups excluding carboxylic acids is 2. The maximum Gasteiger partial charge on any atom is 0.328 e. The van der Waals surface area contributed by atoms with Crippen LogP contribution in [0, 0.1) is 5.92 Å². The number of carbonyl (C=O) groups is 2. The average Bonchev–Trinajstić information content (AvgIpc) is 2.38. The first kappa shape index (κ1) is 15.8. The first-order valence-electron chi connectivity index (χ1n) is 6.05. The van der Waals surface area contributed by atoms with E-state index in [1.807, 2.05) is 4.98 Å². The Morgan fingerprint density at radius 1 is 1.40 bits per heavy atom. The standard InChI is InChI=1S/C12H17N3O5/c1-7(2)10(13)11(18)20-6-8(16)5-15-4-3-9(17)14-12(15)19/h3-4,7,10H,5-6,13H2,1-2H3,(H,14,17,19)/t10-/m0/s1. The summed E-state index contributed by atoms with van der Waals surface area (Å²) in [5.41, 5.74) is 4.31. The van der Waals surface area contributed by atoms with Gasteiger partial charge in [0.15, 0.2) is 12.4 Å². The third-order valence-electron chi connectivity index (χ3n) is 2.61. The van der Waals surface area contributed by atoms with E-state index in [0.717, 1.165) is 10.6 Å². The molecule has 1 heterocycles. The fourth-order valence-electron chi connectivity index (χ4n) is 1.32. The molecular weight excluding hydrogens is 266 g/mol. The Morgan fingerprint density at radius 3 is 2.60 bits per heavy atom. The molecule has 110 valence electrons. The maximum atomic E-state index is 11.6. The molecule has 0 aliphatic heterocycles. The fourth-order valence-corrected chi connectivity index (χ4v) is 1.32. The molecule has 0 unspecified atom stereocenters. The Labute approximate surface area is 114 Å². The van der Waals surface area contributed by atoms with Gasteiger partial charge in [-0.25, -0.2) is 4.79 Å². The van der Waals surface area contributed by atoms with Crippen LogP contribution in [-0.4, -0.2) is 34.0 Å². The van der Waals surface area contributed by atoms with E-state index in [1.54, 1.807) is 13.8 Å². The minimum Gasteiger partial charge on any atom is -0.456 e. The van der Waals surface area contributed by atoms with Gasteiger partial charge < -0.3 is 10.5 Å². The number of nitrogens with zero attached hydrogens (tertiary/aromatic N) is 1. The highest BCUT2D eigenvalue weighted by Gasteiger charge is 2.19. The zero-order valence-corrected chi connectivity index (χ0v) is 11.3. The maximum absolute atomic E-state index is 11.6. The predicted octanol–water partition coefficient (Wildman–Crippen LogP) is -1.37. The van der Waals surface area contributed by atoms with Crippen LogP contribution in [-0.2, 0) is 20.9 Å². The molecule has 0 spiro atoms. The Hall–Kier alpha value is -2.22. The second kappa shape index (κ2) is 6.80. The van der Waals surface area contributed by atoms with Gasteiger partial charge in [0, 0.05) is 12.3 Å². The lowest BCUT2D eigenvalue weighted by atomic mass is 10.1. The van der Waals surface area contributed by atoms with Crippen molar-refractivity contribution in [2.45, 2.75) is 26.4 Å². The van der Waals surface area contributed by atoms with Crippen molar-refractivity contribution < 1.29 is 14.3 Å². The first-order valence-corrected chi connectivity index (χ1v) is 6.05. The van der Waals surface area contributed by atoms with Crippen LogP contribution in [0.25, 0.3) is 0 Å². The summed E-state index contributed by atoms with van der Waals surface area (Å²) >= 11 is 0. The molecule has 1 aromatic heterocycles. The zero-order valence-electron chi connectivity index (χ0n) is 11.3. The third kappa shape index (κ3) is 4.47. The topological polar surface area (TPSA) is 124 Å². The molecule has 0 saturated carbocycles. The second-order valence-corrected chi connectivity index (χ2v) is 4.65. The van der Waals surface area contributed by atoms with Crippen molar-refractivity contribution in [1.82, 2.24) is 9.55 Å². The number of H-pyrrole nitrogens is 1. The van der Waals surface area contributed by atoms with E-state index in [2.05, 4.69) is 0 Å². The molecule has 20 heavy (non-hydrogen) atoms. The van der Waals surface area contributed by atoms with Crippen LogP contribution in [0.5, 0.6) is 0 Å². The Kier molecular flexibility index (Phi) is 5.39. The highest BCUT2D eigenvalue weighted by atomic mass is 16.5. The van der Waals surface area contributed by atoms with E-state index in [-0.39, 0.29) is 12.5 Å². The number of aromatic nitrogens is 2. The molecule has 0 radical (unpaired) electrons. The van der Waals surface area contributed by atoms with Gasteiger partial charge in [0.25, 0.3) is 5.56 Å². The lowest BCUT2D eigenvalue weighted by Gasteiger charge is -2.14. The number of aromatic amines is 1. The summed E-state index contributed by atoms with van der Waals surface area (Å²) in [5.74, 6) is -1.25. The molecule has 1 aromatic rings. The second-order valence-electron chi connectivity index (χ2n) is 4.65. The molecule has 8 heteroatoms. The van der Waals surface area contributed by atoms with Gasteiger partial charge in [-0.05, 0) is 5.92 Å². The van der Waals surface area contributed by atoms with Crippen LogP contribution in [0.4, 0.5) is 0 Å². The summed E-state index contributed by atoms with van der Waals surface area (Å²) in [7, 11) is 0. The number of ether oxygens (including phenoxy) is 1. The first-order chi connectivity index (χ1) is 9.31. The van der Waals surface area contributed by atoms with E-state index in [1.165, 1.54) is 6.20 Å². The molecule has 0 aromatic carbocycles. The number of hydrogen-bond acceptors (Lipinski definition) is 6. The number of nitrogens with one attached hydrogen (secondary N) is 1. The van der Waals surface area contributed by atoms with Gasteiger partial charge in [-0.15, -0.1) is 0 Å². The van der Waals surface area contributed by atoms with Crippen LogP contribution in [0.2, 0.25) is 0 Å². The van der Waals surface area contributed by atoms with Gasteiger partial charge in [0.1, 0.15) is 6.04 Å². The molecule has 0 bridgehead atoms. The summed E-state index contributed by atoms with van der Waals surface area (Å²) in [6.07, 6.45) is 1.20. The summed E-state index contributed by atoms with van der Waals surface area (Å²) < 4.78 is 5.78. The lowest BCUT2D eigenvalue weighted by Crippen LogP contribution is -2.38. The SMILES string of the molecule is CC(C)[C@H](N)C(=O)OCC(=O)Cn1ccc(=O)[nH]c1=O. The van der Waals surface area contributed by atoms with E-state index < -0.39 is 35.7 Å². The van der Waals surface area contributed by atoms with E-state index in [0.29, 0.717) is 0 Å². The smallest absolute Gasteiger partial charge is 0.328 e. The van der Waals surface area contributed by atoms with E-state index in [9.17, 15) is 19.2 Å². The van der Waals surface area contributed by atoms with Gasteiger partial charge in [0.2, 0.25) is 0 Å². The predicted molar refractivity (Wildman–Crippen MR) is 70.1 cm³/mol. The largest absolute Gasteiger partial charge is 0.456 e. The molecular formula is C12H17N3O5. The summed E-state index contributed by atoms with van der Waals surface area (Å²) in [6, 6.07) is 0.327.